The van der Waals surface area contributed by atoms with Gasteiger partial charge in [-0.05, 0) is 60.7 Å². The summed E-state index contributed by atoms with van der Waals surface area (Å²) in [6.45, 7) is 1.62. The highest BCUT2D eigenvalue weighted by Crippen LogP contribution is 2.33. The Hall–Kier alpha value is -4.48. The highest BCUT2D eigenvalue weighted by Gasteiger charge is 2.26. The van der Waals surface area contributed by atoms with Crippen LogP contribution in [0.4, 0.5) is 16.0 Å². The van der Waals surface area contributed by atoms with Crippen LogP contribution in [0.2, 0.25) is 0 Å². The first-order valence-corrected chi connectivity index (χ1v) is 15.6. The molecule has 1 aliphatic rings. The van der Waals surface area contributed by atoms with Crippen LogP contribution in [-0.2, 0) is 19.4 Å². The number of nitrogens with one attached hydrogen (secondary N) is 1. The van der Waals surface area contributed by atoms with E-state index in [1.54, 1.807) is 0 Å². The molecule has 0 unspecified atom stereocenters. The number of para-hydroxylation sites is 1. The van der Waals surface area contributed by atoms with Gasteiger partial charge < -0.3 is 19.6 Å². The van der Waals surface area contributed by atoms with Gasteiger partial charge in [-0.2, -0.15) is 0 Å². The first kappa shape index (κ1) is 28.6. The molecule has 6 rings (SSSR count). The molecule has 43 heavy (non-hydrogen) atoms. The van der Waals surface area contributed by atoms with E-state index in [0.29, 0.717) is 48.4 Å². The SMILES string of the molecule is CN(C)c1cccc(OCCCc2sc(N3CCc4cccc(C(=O)Nc5nc6ccccc6s5)c4C3)nc2C(=O)O)c1. The van der Waals surface area contributed by atoms with Gasteiger partial charge >= 0.3 is 5.97 Å². The van der Waals surface area contributed by atoms with Gasteiger partial charge in [0, 0.05) is 49.4 Å². The number of rotatable bonds is 10. The Labute approximate surface area is 257 Å². The maximum atomic E-state index is 13.4. The Bertz CT molecular complexity index is 1760. The summed E-state index contributed by atoms with van der Waals surface area (Å²) in [5.74, 6) is -0.463. The molecule has 3 heterocycles. The smallest absolute Gasteiger partial charge is 0.355 e. The number of carboxylic acids is 1. The number of thiazole rings is 2. The molecular weight excluding hydrogens is 583 g/mol. The number of hydrogen-bond donors (Lipinski definition) is 2. The fourth-order valence-corrected chi connectivity index (χ4v) is 7.11. The van der Waals surface area contributed by atoms with Gasteiger partial charge in [-0.15, -0.1) is 11.3 Å². The van der Waals surface area contributed by atoms with E-state index in [1.807, 2.05) is 85.7 Å². The summed E-state index contributed by atoms with van der Waals surface area (Å²) in [5.41, 5.74) is 4.61. The lowest BCUT2D eigenvalue weighted by Gasteiger charge is -2.29. The van der Waals surface area contributed by atoms with Crippen molar-refractivity contribution >= 4 is 60.7 Å². The minimum atomic E-state index is -1.04. The van der Waals surface area contributed by atoms with Gasteiger partial charge in [-0.25, -0.2) is 14.8 Å². The number of carboxylic acid groups (broad SMARTS) is 1. The molecule has 220 valence electrons. The zero-order valence-corrected chi connectivity index (χ0v) is 25.5. The summed E-state index contributed by atoms with van der Waals surface area (Å²) in [5, 5.41) is 14.1. The number of nitrogens with zero attached hydrogens (tertiary/aromatic N) is 4. The molecule has 1 aliphatic heterocycles. The number of carbonyl (C=O) groups is 2. The third-order valence-electron chi connectivity index (χ3n) is 7.34. The summed E-state index contributed by atoms with van der Waals surface area (Å²) in [4.78, 5) is 39.4. The quantitative estimate of drug-likeness (QED) is 0.176. The standard InChI is InChI=1S/C32H31N5O4S2/c1-36(2)21-9-6-10-22(18-21)41-17-7-14-27-28(30(39)40)34-32(43-27)37-16-15-20-8-5-11-23(24(20)19-37)29(38)35-31-33-25-12-3-4-13-26(25)42-31/h3-6,8-13,18H,7,14-17,19H2,1-2H3,(H,39,40)(H,33,35,38). The molecule has 0 radical (unpaired) electrons. The van der Waals surface area contributed by atoms with Crippen molar-refractivity contribution in [2.75, 3.05) is 42.4 Å². The number of benzene rings is 3. The second-order valence-electron chi connectivity index (χ2n) is 10.5. The van der Waals surface area contributed by atoms with Gasteiger partial charge in [0.15, 0.2) is 16.0 Å². The largest absolute Gasteiger partial charge is 0.494 e. The number of ether oxygens (including phenoxy) is 1. The topological polar surface area (TPSA) is 108 Å². The van der Waals surface area contributed by atoms with Crippen LogP contribution in [0.1, 0.15) is 43.3 Å². The number of amides is 1. The normalized spacial score (nSPS) is 12.7. The molecule has 2 aromatic heterocycles. The Morgan fingerprint density at radius 1 is 1.05 bits per heavy atom. The lowest BCUT2D eigenvalue weighted by atomic mass is 9.94. The number of anilines is 3. The molecule has 2 N–H and O–H groups in total. The second-order valence-corrected chi connectivity index (χ2v) is 12.6. The average molecular weight is 614 g/mol. The summed E-state index contributed by atoms with van der Waals surface area (Å²) in [6.07, 6.45) is 1.94. The van der Waals surface area contributed by atoms with Crippen molar-refractivity contribution in [1.82, 2.24) is 9.97 Å². The minimum absolute atomic E-state index is 0.0854. The molecule has 3 aromatic carbocycles. The molecule has 11 heteroatoms. The molecule has 5 aromatic rings. The number of fused-ring (bicyclic) bond motifs is 2. The van der Waals surface area contributed by atoms with Crippen LogP contribution >= 0.6 is 22.7 Å². The fraction of sp³-hybridized carbons (Fsp3) is 0.250. The summed E-state index contributed by atoms with van der Waals surface area (Å²) < 4.78 is 6.95. The van der Waals surface area contributed by atoms with Gasteiger partial charge in [0.25, 0.3) is 5.91 Å². The minimum Gasteiger partial charge on any atom is -0.494 e. The van der Waals surface area contributed by atoms with E-state index >= 15 is 0 Å². The number of carbonyl (C=O) groups excluding carboxylic acids is 1. The van der Waals surface area contributed by atoms with Crippen molar-refractivity contribution in [2.45, 2.75) is 25.8 Å². The van der Waals surface area contributed by atoms with Crippen molar-refractivity contribution in [3.8, 4) is 5.75 Å². The number of aryl methyl sites for hydroxylation is 1. The zero-order valence-electron chi connectivity index (χ0n) is 23.9. The monoisotopic (exact) mass is 613 g/mol. The highest BCUT2D eigenvalue weighted by molar-refractivity contribution is 7.22. The molecular formula is C32H31N5O4S2. The predicted octanol–water partition coefficient (Wildman–Crippen LogP) is 6.34. The lowest BCUT2D eigenvalue weighted by molar-refractivity contribution is 0.0690. The van der Waals surface area contributed by atoms with E-state index in [1.165, 1.54) is 22.7 Å². The summed E-state index contributed by atoms with van der Waals surface area (Å²) >= 11 is 2.85. The van der Waals surface area contributed by atoms with E-state index in [2.05, 4.69) is 20.2 Å². The highest BCUT2D eigenvalue weighted by atomic mass is 32.1. The summed E-state index contributed by atoms with van der Waals surface area (Å²) in [7, 11) is 3.96. The van der Waals surface area contributed by atoms with Crippen molar-refractivity contribution in [3.05, 3.63) is 94.0 Å². The number of aromatic carboxylic acids is 1. The molecule has 0 saturated heterocycles. The van der Waals surface area contributed by atoms with E-state index in [4.69, 9.17) is 4.74 Å². The Morgan fingerprint density at radius 3 is 2.70 bits per heavy atom. The Kier molecular flexibility index (Phi) is 8.26. The van der Waals surface area contributed by atoms with Gasteiger partial charge in [0.05, 0.1) is 16.8 Å². The summed E-state index contributed by atoms with van der Waals surface area (Å²) in [6, 6.07) is 21.4. The van der Waals surface area contributed by atoms with Gasteiger partial charge in [-0.1, -0.05) is 41.7 Å². The molecule has 9 nitrogen and oxygen atoms in total. The van der Waals surface area contributed by atoms with E-state index in [9.17, 15) is 14.7 Å². The molecule has 0 spiro atoms. The lowest BCUT2D eigenvalue weighted by Crippen LogP contribution is -2.32. The molecule has 0 fully saturated rings. The third-order valence-corrected chi connectivity index (χ3v) is 9.47. The van der Waals surface area contributed by atoms with Gasteiger partial charge in [0.2, 0.25) is 0 Å². The van der Waals surface area contributed by atoms with Crippen molar-refractivity contribution in [2.24, 2.45) is 0 Å². The van der Waals surface area contributed by atoms with Crippen LogP contribution < -0.4 is 19.9 Å². The molecule has 0 bridgehead atoms. The van der Waals surface area contributed by atoms with Crippen molar-refractivity contribution in [3.63, 3.8) is 0 Å². The van der Waals surface area contributed by atoms with Crippen LogP contribution in [0.15, 0.2) is 66.7 Å². The van der Waals surface area contributed by atoms with Crippen LogP contribution in [-0.4, -0.2) is 54.2 Å². The molecule has 0 saturated carbocycles. The van der Waals surface area contributed by atoms with Crippen LogP contribution in [0.5, 0.6) is 5.75 Å². The van der Waals surface area contributed by atoms with E-state index < -0.39 is 5.97 Å². The van der Waals surface area contributed by atoms with E-state index in [-0.39, 0.29) is 11.6 Å². The van der Waals surface area contributed by atoms with Crippen molar-refractivity contribution in [1.29, 1.82) is 0 Å². The number of aromatic nitrogens is 2. The molecule has 0 aliphatic carbocycles. The first-order valence-electron chi connectivity index (χ1n) is 14.0. The molecule has 1 amide bonds. The molecule has 0 atom stereocenters. The Balaban J connectivity index is 1.14. The van der Waals surface area contributed by atoms with Crippen LogP contribution in [0, 0.1) is 0 Å². The maximum Gasteiger partial charge on any atom is 0.355 e. The van der Waals surface area contributed by atoms with Crippen LogP contribution in [0.25, 0.3) is 10.2 Å². The third kappa shape index (κ3) is 6.32. The van der Waals surface area contributed by atoms with Gasteiger partial charge in [0.1, 0.15) is 5.75 Å². The van der Waals surface area contributed by atoms with Crippen LogP contribution in [0.3, 0.4) is 0 Å². The van der Waals surface area contributed by atoms with E-state index in [0.717, 1.165) is 44.1 Å². The van der Waals surface area contributed by atoms with Crippen molar-refractivity contribution < 1.29 is 19.4 Å². The maximum absolute atomic E-state index is 13.4. The first-order chi connectivity index (χ1) is 20.9. The Morgan fingerprint density at radius 2 is 1.88 bits per heavy atom. The zero-order chi connectivity index (χ0) is 29.9. The average Bonchev–Trinajstić information content (AvgIpc) is 3.63. The second kappa shape index (κ2) is 12.4. The fourth-order valence-electron chi connectivity index (χ4n) is 5.13. The predicted molar refractivity (Wildman–Crippen MR) is 172 cm³/mol. The van der Waals surface area contributed by atoms with Gasteiger partial charge in [-0.3, -0.25) is 10.1 Å². The number of hydrogen-bond acceptors (Lipinski definition) is 9.